The first-order valence-corrected chi connectivity index (χ1v) is 4.61. The van der Waals surface area contributed by atoms with Gasteiger partial charge in [-0.2, -0.15) is 0 Å². The van der Waals surface area contributed by atoms with Gasteiger partial charge in [0.05, 0.1) is 0 Å². The summed E-state index contributed by atoms with van der Waals surface area (Å²) in [7, 11) is 0. The zero-order chi connectivity index (χ0) is 10.7. The van der Waals surface area contributed by atoms with Gasteiger partial charge in [0.15, 0.2) is 5.69 Å². The molecule has 5 nitrogen and oxygen atoms in total. The first kappa shape index (κ1) is 10.4. The summed E-state index contributed by atoms with van der Waals surface area (Å²) in [6.07, 6.45) is 3.41. The fourth-order valence-electron chi connectivity index (χ4n) is 0.885. The van der Waals surface area contributed by atoms with Gasteiger partial charge in [-0.1, -0.05) is 6.08 Å². The third kappa shape index (κ3) is 1.97. The molecular weight excluding hydrogens is 202 g/mol. The van der Waals surface area contributed by atoms with Crippen LogP contribution in [0.2, 0.25) is 0 Å². The van der Waals surface area contributed by atoms with Crippen molar-refractivity contribution in [2.45, 2.75) is 6.92 Å². The molecule has 0 saturated heterocycles. The third-order valence-electron chi connectivity index (χ3n) is 1.41. The van der Waals surface area contributed by atoms with Gasteiger partial charge < -0.3 is 11.5 Å². The number of rotatable bonds is 3. The number of nitrogens with two attached hydrogens (primary N) is 2. The van der Waals surface area contributed by atoms with E-state index in [9.17, 15) is 9.59 Å². The standard InChI is InChI=1S/C8H9N3O2S/c1-2-3-4-11-5(7(9)12)6(14-4)8(10)13/h2-3H,1H3,(H2,9,12)(H2,10,13)/b3-2-. The second-order valence-corrected chi connectivity index (χ2v) is 3.49. The summed E-state index contributed by atoms with van der Waals surface area (Å²) in [5, 5.41) is 0.537. The number of aromatic nitrogens is 1. The van der Waals surface area contributed by atoms with E-state index >= 15 is 0 Å². The molecule has 0 saturated carbocycles. The van der Waals surface area contributed by atoms with E-state index in [0.717, 1.165) is 11.3 Å². The molecule has 0 aliphatic carbocycles. The fourth-order valence-corrected chi connectivity index (χ4v) is 1.78. The maximum absolute atomic E-state index is 10.9. The van der Waals surface area contributed by atoms with Crippen LogP contribution in [-0.4, -0.2) is 16.8 Å². The number of primary amides is 2. The van der Waals surface area contributed by atoms with Crippen LogP contribution in [0.5, 0.6) is 0 Å². The van der Waals surface area contributed by atoms with Gasteiger partial charge in [-0.15, -0.1) is 11.3 Å². The first-order chi connectivity index (χ1) is 6.56. The van der Waals surface area contributed by atoms with Crippen molar-refractivity contribution >= 4 is 29.2 Å². The monoisotopic (exact) mass is 211 g/mol. The minimum Gasteiger partial charge on any atom is -0.365 e. The SMILES string of the molecule is C/C=C\c1nc(C(N)=O)c(C(N)=O)s1. The first-order valence-electron chi connectivity index (χ1n) is 3.79. The summed E-state index contributed by atoms with van der Waals surface area (Å²) < 4.78 is 0. The van der Waals surface area contributed by atoms with Gasteiger partial charge >= 0.3 is 0 Å². The highest BCUT2D eigenvalue weighted by molar-refractivity contribution is 7.14. The lowest BCUT2D eigenvalue weighted by Crippen LogP contribution is -2.19. The Bertz CT molecular complexity index is 377. The Kier molecular flexibility index (Phi) is 2.98. The molecule has 0 atom stereocenters. The molecule has 2 amide bonds. The molecule has 74 valence electrons. The average molecular weight is 211 g/mol. The summed E-state index contributed by atoms with van der Waals surface area (Å²) in [4.78, 5) is 25.8. The van der Waals surface area contributed by atoms with Crippen molar-refractivity contribution in [3.8, 4) is 0 Å². The molecule has 0 aliphatic heterocycles. The van der Waals surface area contributed by atoms with Crippen LogP contribution in [0, 0.1) is 0 Å². The lowest BCUT2D eigenvalue weighted by Gasteiger charge is -1.90. The van der Waals surface area contributed by atoms with Crippen LogP contribution >= 0.6 is 11.3 Å². The average Bonchev–Trinajstić information content (AvgIpc) is 2.49. The predicted octanol–water partition coefficient (Wildman–Crippen LogP) is 0.374. The highest BCUT2D eigenvalue weighted by Crippen LogP contribution is 2.18. The van der Waals surface area contributed by atoms with E-state index in [2.05, 4.69) is 4.98 Å². The minimum absolute atomic E-state index is 0.0596. The number of carbonyl (C=O) groups excluding carboxylic acids is 2. The van der Waals surface area contributed by atoms with Crippen molar-refractivity contribution in [3.63, 3.8) is 0 Å². The molecule has 1 heterocycles. The molecule has 1 aromatic heterocycles. The van der Waals surface area contributed by atoms with Crippen molar-refractivity contribution in [2.24, 2.45) is 11.5 Å². The number of carbonyl (C=O) groups is 2. The summed E-state index contributed by atoms with van der Waals surface area (Å²) in [6, 6.07) is 0. The van der Waals surface area contributed by atoms with Crippen molar-refractivity contribution in [3.05, 3.63) is 21.7 Å². The van der Waals surface area contributed by atoms with Crippen molar-refractivity contribution in [1.82, 2.24) is 4.98 Å². The lowest BCUT2D eigenvalue weighted by atomic mass is 10.3. The van der Waals surface area contributed by atoms with E-state index in [1.807, 2.05) is 0 Å². The summed E-state index contributed by atoms with van der Waals surface area (Å²) in [5.74, 6) is -1.43. The Morgan fingerprint density at radius 2 is 2.00 bits per heavy atom. The van der Waals surface area contributed by atoms with E-state index in [-0.39, 0.29) is 10.6 Å². The number of hydrogen-bond donors (Lipinski definition) is 2. The van der Waals surface area contributed by atoms with Gasteiger partial charge in [-0.3, -0.25) is 9.59 Å². The van der Waals surface area contributed by atoms with Crippen LogP contribution in [-0.2, 0) is 0 Å². The quantitative estimate of drug-likeness (QED) is 0.755. The highest BCUT2D eigenvalue weighted by Gasteiger charge is 2.18. The van der Waals surface area contributed by atoms with Gasteiger partial charge in [-0.25, -0.2) is 4.98 Å². The van der Waals surface area contributed by atoms with Crippen LogP contribution in [0.25, 0.3) is 6.08 Å². The van der Waals surface area contributed by atoms with Crippen LogP contribution in [0.3, 0.4) is 0 Å². The van der Waals surface area contributed by atoms with Crippen LogP contribution in [0.1, 0.15) is 32.1 Å². The Morgan fingerprint density at radius 3 is 2.36 bits per heavy atom. The van der Waals surface area contributed by atoms with Gasteiger partial charge in [0.1, 0.15) is 9.88 Å². The van der Waals surface area contributed by atoms with Gasteiger partial charge in [0, 0.05) is 0 Å². The molecule has 14 heavy (non-hydrogen) atoms. The number of nitrogens with zero attached hydrogens (tertiary/aromatic N) is 1. The van der Waals surface area contributed by atoms with E-state index in [0.29, 0.717) is 5.01 Å². The van der Waals surface area contributed by atoms with Gasteiger partial charge in [0.25, 0.3) is 11.8 Å². The molecule has 0 radical (unpaired) electrons. The lowest BCUT2D eigenvalue weighted by molar-refractivity contribution is 0.0967. The number of allylic oxidation sites excluding steroid dienone is 1. The summed E-state index contributed by atoms with van der Waals surface area (Å²) in [5.41, 5.74) is 10.0. The zero-order valence-electron chi connectivity index (χ0n) is 7.48. The number of hydrogen-bond acceptors (Lipinski definition) is 4. The molecule has 1 aromatic rings. The van der Waals surface area contributed by atoms with E-state index < -0.39 is 11.8 Å². The highest BCUT2D eigenvalue weighted by atomic mass is 32.1. The molecule has 4 N–H and O–H groups in total. The normalized spacial score (nSPS) is 10.6. The number of thiazole rings is 1. The van der Waals surface area contributed by atoms with E-state index in [4.69, 9.17) is 11.5 Å². The fraction of sp³-hybridized carbons (Fsp3) is 0.125. The van der Waals surface area contributed by atoms with Gasteiger partial charge in [-0.05, 0) is 13.0 Å². The van der Waals surface area contributed by atoms with Gasteiger partial charge in [0.2, 0.25) is 0 Å². The molecule has 0 fully saturated rings. The smallest absolute Gasteiger partial charge is 0.269 e. The van der Waals surface area contributed by atoms with E-state index in [1.54, 1.807) is 19.1 Å². The molecule has 0 unspecified atom stereocenters. The molecule has 0 bridgehead atoms. The molecular formula is C8H9N3O2S. The third-order valence-corrected chi connectivity index (χ3v) is 2.45. The topological polar surface area (TPSA) is 99.1 Å². The molecule has 6 heteroatoms. The maximum Gasteiger partial charge on any atom is 0.269 e. The maximum atomic E-state index is 10.9. The van der Waals surface area contributed by atoms with Crippen molar-refractivity contribution < 1.29 is 9.59 Å². The predicted molar refractivity (Wildman–Crippen MR) is 53.9 cm³/mol. The van der Waals surface area contributed by atoms with E-state index in [1.165, 1.54) is 0 Å². The van der Waals surface area contributed by atoms with Crippen LogP contribution in [0.15, 0.2) is 6.08 Å². The van der Waals surface area contributed by atoms with Crippen molar-refractivity contribution in [1.29, 1.82) is 0 Å². The molecule has 0 spiro atoms. The zero-order valence-corrected chi connectivity index (χ0v) is 8.30. The Labute approximate surface area is 84.4 Å². The Balaban J connectivity index is 3.25. The Morgan fingerprint density at radius 1 is 1.36 bits per heavy atom. The summed E-state index contributed by atoms with van der Waals surface area (Å²) in [6.45, 7) is 1.80. The minimum atomic E-state index is -0.745. The second kappa shape index (κ2) is 4.01. The molecule has 0 aliphatic rings. The molecule has 0 aromatic carbocycles. The second-order valence-electron chi connectivity index (χ2n) is 2.46. The van der Waals surface area contributed by atoms with Crippen molar-refractivity contribution in [2.75, 3.05) is 0 Å². The van der Waals surface area contributed by atoms with Crippen LogP contribution in [0.4, 0.5) is 0 Å². The number of amides is 2. The molecule has 1 rings (SSSR count). The largest absolute Gasteiger partial charge is 0.365 e. The summed E-state index contributed by atoms with van der Waals surface area (Å²) >= 11 is 1.05. The Hall–Kier alpha value is -1.69. The van der Waals surface area contributed by atoms with Crippen LogP contribution < -0.4 is 11.5 Å².